The molecule has 3 heteroatoms. The number of benzene rings is 2. The number of nitrogens with zero attached hydrogens (tertiary/aromatic N) is 3. The van der Waals surface area contributed by atoms with Gasteiger partial charge in [0.25, 0.3) is 0 Å². The van der Waals surface area contributed by atoms with Gasteiger partial charge in [-0.3, -0.25) is 9.97 Å². The molecule has 0 radical (unpaired) electrons. The SMILES string of the molecule is CC1(C)C(c2nccc3ccccc23)=Cc2c1n1c3ccccc3c3cncc2c31. The van der Waals surface area contributed by atoms with Gasteiger partial charge in [0, 0.05) is 56.8 Å². The Hall–Kier alpha value is -3.72. The second-order valence-electron chi connectivity index (χ2n) is 8.76. The second kappa shape index (κ2) is 5.25. The minimum atomic E-state index is -0.180. The number of fused-ring (bicyclic) bond motifs is 7. The van der Waals surface area contributed by atoms with Crippen molar-refractivity contribution in [3.63, 3.8) is 0 Å². The summed E-state index contributed by atoms with van der Waals surface area (Å²) in [4.78, 5) is 9.45. The smallest absolute Gasteiger partial charge is 0.0749 e. The van der Waals surface area contributed by atoms with Gasteiger partial charge < -0.3 is 4.40 Å². The van der Waals surface area contributed by atoms with Crippen LogP contribution in [0.4, 0.5) is 0 Å². The van der Waals surface area contributed by atoms with Crippen LogP contribution in [0, 0.1) is 0 Å². The van der Waals surface area contributed by atoms with Crippen molar-refractivity contribution in [2.45, 2.75) is 19.3 Å². The maximum Gasteiger partial charge on any atom is 0.0749 e. The van der Waals surface area contributed by atoms with E-state index in [0.29, 0.717) is 0 Å². The van der Waals surface area contributed by atoms with Gasteiger partial charge in [0.1, 0.15) is 0 Å². The average Bonchev–Trinajstić information content (AvgIpc) is 3.37. The Balaban J connectivity index is 1.62. The molecule has 0 aliphatic heterocycles. The van der Waals surface area contributed by atoms with E-state index in [9.17, 15) is 0 Å². The lowest BCUT2D eigenvalue weighted by atomic mass is 9.82. The first-order valence-corrected chi connectivity index (χ1v) is 10.4. The zero-order valence-corrected chi connectivity index (χ0v) is 16.8. The van der Waals surface area contributed by atoms with Crippen molar-refractivity contribution in [2.24, 2.45) is 0 Å². The number of allylic oxidation sites excluding steroid dienone is 1. The Kier molecular flexibility index (Phi) is 2.82. The molecule has 0 saturated heterocycles. The molecule has 4 heterocycles. The summed E-state index contributed by atoms with van der Waals surface area (Å²) in [6, 6.07) is 19.3. The first-order valence-electron chi connectivity index (χ1n) is 10.4. The van der Waals surface area contributed by atoms with Crippen molar-refractivity contribution in [1.82, 2.24) is 14.4 Å². The van der Waals surface area contributed by atoms with Crippen LogP contribution in [0.15, 0.2) is 73.2 Å². The summed E-state index contributed by atoms with van der Waals surface area (Å²) in [7, 11) is 0. The fraction of sp³-hybridized carbons (Fsp3) is 0.111. The minimum absolute atomic E-state index is 0.180. The van der Waals surface area contributed by atoms with Crippen LogP contribution in [0.25, 0.3) is 49.6 Å². The third-order valence-electron chi connectivity index (χ3n) is 6.83. The topological polar surface area (TPSA) is 30.2 Å². The number of hydrogen-bond acceptors (Lipinski definition) is 2. The summed E-state index contributed by atoms with van der Waals surface area (Å²) in [5.41, 5.74) is 7.31. The van der Waals surface area contributed by atoms with E-state index >= 15 is 0 Å². The number of rotatable bonds is 1. The van der Waals surface area contributed by atoms with E-state index in [-0.39, 0.29) is 5.41 Å². The minimum Gasteiger partial charge on any atom is -0.311 e. The molecule has 0 bridgehead atoms. The predicted molar refractivity (Wildman–Crippen MR) is 124 cm³/mol. The molecule has 7 rings (SSSR count). The molecular weight excluding hydrogens is 366 g/mol. The Morgan fingerprint density at radius 1 is 0.800 bits per heavy atom. The largest absolute Gasteiger partial charge is 0.311 e. The normalized spacial score (nSPS) is 15.5. The van der Waals surface area contributed by atoms with Crippen molar-refractivity contribution in [1.29, 1.82) is 0 Å². The van der Waals surface area contributed by atoms with Crippen LogP contribution in [0.2, 0.25) is 0 Å². The standard InChI is InChI=1S/C27H19N3/c1-27(2)22(24-17-8-4-3-7-16(17)11-12-29-24)13-19-21-15-28-14-20-18-9-5-6-10-23(18)30(25(20)21)26(19)27/h3-15H,1-2H3. The summed E-state index contributed by atoms with van der Waals surface area (Å²) < 4.78 is 2.46. The summed E-state index contributed by atoms with van der Waals surface area (Å²) >= 11 is 0. The molecule has 1 aliphatic carbocycles. The molecule has 3 nitrogen and oxygen atoms in total. The van der Waals surface area contributed by atoms with Gasteiger partial charge in [-0.1, -0.05) is 56.3 Å². The Morgan fingerprint density at radius 2 is 1.57 bits per heavy atom. The van der Waals surface area contributed by atoms with Crippen LogP contribution in [-0.4, -0.2) is 14.4 Å². The summed E-state index contributed by atoms with van der Waals surface area (Å²) in [6.45, 7) is 4.65. The van der Waals surface area contributed by atoms with Crippen LogP contribution >= 0.6 is 0 Å². The molecule has 1 aliphatic rings. The Labute approximate surface area is 173 Å². The first kappa shape index (κ1) is 16.1. The number of hydrogen-bond donors (Lipinski definition) is 0. The van der Waals surface area contributed by atoms with E-state index in [1.165, 1.54) is 54.8 Å². The first-order chi connectivity index (χ1) is 14.7. The van der Waals surface area contributed by atoms with Gasteiger partial charge in [0.15, 0.2) is 0 Å². The van der Waals surface area contributed by atoms with Crippen molar-refractivity contribution < 1.29 is 0 Å². The van der Waals surface area contributed by atoms with Gasteiger partial charge in [-0.15, -0.1) is 0 Å². The molecule has 0 fully saturated rings. The molecule has 0 N–H and O–H groups in total. The van der Waals surface area contributed by atoms with E-state index in [2.05, 4.69) is 83.9 Å². The molecule has 2 aromatic carbocycles. The highest BCUT2D eigenvalue weighted by molar-refractivity contribution is 6.18. The Morgan fingerprint density at radius 3 is 2.47 bits per heavy atom. The van der Waals surface area contributed by atoms with E-state index in [0.717, 1.165) is 5.69 Å². The van der Waals surface area contributed by atoms with E-state index in [1.807, 2.05) is 18.6 Å². The van der Waals surface area contributed by atoms with E-state index in [4.69, 9.17) is 4.98 Å². The molecule has 6 aromatic rings. The highest BCUT2D eigenvalue weighted by atomic mass is 15.0. The summed E-state index contributed by atoms with van der Waals surface area (Å²) in [6.07, 6.45) is 8.30. The van der Waals surface area contributed by atoms with Crippen LogP contribution in [0.1, 0.15) is 30.8 Å². The highest BCUT2D eigenvalue weighted by Gasteiger charge is 2.40. The van der Waals surface area contributed by atoms with Crippen molar-refractivity contribution >= 4 is 49.6 Å². The molecular formula is C27H19N3. The van der Waals surface area contributed by atoms with Gasteiger partial charge in [-0.05, 0) is 29.2 Å². The molecule has 4 aromatic heterocycles. The molecule has 30 heavy (non-hydrogen) atoms. The maximum atomic E-state index is 4.85. The zero-order valence-electron chi connectivity index (χ0n) is 16.8. The third kappa shape index (κ3) is 1.77. The third-order valence-corrected chi connectivity index (χ3v) is 6.83. The lowest BCUT2D eigenvalue weighted by Gasteiger charge is -2.25. The average molecular weight is 385 g/mol. The fourth-order valence-electron chi connectivity index (χ4n) is 5.50. The summed E-state index contributed by atoms with van der Waals surface area (Å²) in [5.74, 6) is 0. The fourth-order valence-corrected chi connectivity index (χ4v) is 5.50. The van der Waals surface area contributed by atoms with E-state index < -0.39 is 0 Å². The van der Waals surface area contributed by atoms with Crippen LogP contribution in [0.3, 0.4) is 0 Å². The quantitative estimate of drug-likeness (QED) is 0.325. The molecule has 0 amide bonds. The highest BCUT2D eigenvalue weighted by Crippen LogP contribution is 2.52. The molecule has 0 saturated carbocycles. The number of aromatic nitrogens is 3. The van der Waals surface area contributed by atoms with E-state index in [1.54, 1.807) is 0 Å². The van der Waals surface area contributed by atoms with Gasteiger partial charge in [0.05, 0.1) is 16.7 Å². The van der Waals surface area contributed by atoms with Gasteiger partial charge in [0.2, 0.25) is 0 Å². The monoisotopic (exact) mass is 385 g/mol. The van der Waals surface area contributed by atoms with Crippen LogP contribution in [-0.2, 0) is 5.41 Å². The lowest BCUT2D eigenvalue weighted by molar-refractivity contribution is 0.671. The Bertz CT molecular complexity index is 1660. The number of para-hydroxylation sites is 1. The molecule has 0 atom stereocenters. The molecule has 142 valence electrons. The van der Waals surface area contributed by atoms with Crippen LogP contribution in [0.5, 0.6) is 0 Å². The molecule has 0 spiro atoms. The van der Waals surface area contributed by atoms with Gasteiger partial charge in [-0.2, -0.15) is 0 Å². The van der Waals surface area contributed by atoms with Gasteiger partial charge >= 0.3 is 0 Å². The van der Waals surface area contributed by atoms with Crippen molar-refractivity contribution in [3.8, 4) is 0 Å². The van der Waals surface area contributed by atoms with Crippen molar-refractivity contribution in [2.75, 3.05) is 0 Å². The number of pyridine rings is 2. The summed E-state index contributed by atoms with van der Waals surface area (Å²) in [5, 5.41) is 6.14. The predicted octanol–water partition coefficient (Wildman–Crippen LogP) is 6.46. The van der Waals surface area contributed by atoms with Crippen LogP contribution < -0.4 is 0 Å². The van der Waals surface area contributed by atoms with Gasteiger partial charge in [-0.25, -0.2) is 0 Å². The second-order valence-corrected chi connectivity index (χ2v) is 8.76. The maximum absolute atomic E-state index is 4.85. The molecule has 0 unspecified atom stereocenters. The zero-order chi connectivity index (χ0) is 20.0. The lowest BCUT2D eigenvalue weighted by Crippen LogP contribution is -2.19. The van der Waals surface area contributed by atoms with Crippen molar-refractivity contribution in [3.05, 3.63) is 90.1 Å².